The Bertz CT molecular complexity index is 367. The van der Waals surface area contributed by atoms with Crippen LogP contribution in [-0.2, 0) is 0 Å². The Hall–Kier alpha value is -1.51. The number of hydrogen-bond acceptors (Lipinski definition) is 2. The molecule has 14 heavy (non-hydrogen) atoms. The summed E-state index contributed by atoms with van der Waals surface area (Å²) in [5, 5.41) is 8.88. The predicted molar refractivity (Wildman–Crippen MR) is 51.9 cm³/mol. The van der Waals surface area contributed by atoms with Gasteiger partial charge in [-0.15, -0.1) is 0 Å². The van der Waals surface area contributed by atoms with Crippen LogP contribution in [0.4, 0.5) is 0 Å². The van der Waals surface area contributed by atoms with Crippen molar-refractivity contribution in [2.45, 2.75) is 18.8 Å². The quantitative estimate of drug-likeness (QED) is 0.799. The van der Waals surface area contributed by atoms with Crippen LogP contribution in [0, 0.1) is 0 Å². The molecule has 1 fully saturated rings. The average Bonchev–Trinajstić information content (AvgIpc) is 3.00. The molecule has 0 aromatic heterocycles. The van der Waals surface area contributed by atoms with Gasteiger partial charge in [0.05, 0.1) is 12.7 Å². The van der Waals surface area contributed by atoms with Gasteiger partial charge in [-0.3, -0.25) is 0 Å². The molecule has 0 bridgehead atoms. The zero-order valence-electron chi connectivity index (χ0n) is 7.99. The Balaban J connectivity index is 2.40. The fourth-order valence-corrected chi connectivity index (χ4v) is 1.52. The van der Waals surface area contributed by atoms with Crippen molar-refractivity contribution in [3.63, 3.8) is 0 Å². The summed E-state index contributed by atoms with van der Waals surface area (Å²) in [5.74, 6) is 0.279. The number of rotatable bonds is 3. The fourth-order valence-electron chi connectivity index (χ4n) is 1.52. The Morgan fingerprint density at radius 3 is 2.64 bits per heavy atom. The first-order valence-corrected chi connectivity index (χ1v) is 4.63. The number of ether oxygens (including phenoxy) is 1. The lowest BCUT2D eigenvalue weighted by Crippen LogP contribution is -1.98. The topological polar surface area (TPSA) is 46.5 Å². The molecule has 0 heterocycles. The van der Waals surface area contributed by atoms with E-state index in [1.54, 1.807) is 19.2 Å². The van der Waals surface area contributed by atoms with Crippen molar-refractivity contribution < 1.29 is 14.6 Å². The standard InChI is InChI=1S/C11H12O3/c1-14-10-5-8(7-2-3-7)4-9(6-10)11(12)13/h4-7H,2-3H2,1H3,(H,12,13). The van der Waals surface area contributed by atoms with E-state index in [1.165, 1.54) is 0 Å². The summed E-state index contributed by atoms with van der Waals surface area (Å²) >= 11 is 0. The smallest absolute Gasteiger partial charge is 0.335 e. The van der Waals surface area contributed by atoms with Crippen molar-refractivity contribution in [1.82, 2.24) is 0 Å². The Kier molecular flexibility index (Phi) is 2.15. The SMILES string of the molecule is COc1cc(C(=O)O)cc(C2CC2)c1. The summed E-state index contributed by atoms with van der Waals surface area (Å²) in [4.78, 5) is 10.8. The highest BCUT2D eigenvalue weighted by Gasteiger charge is 2.25. The zero-order chi connectivity index (χ0) is 10.1. The van der Waals surface area contributed by atoms with Crippen LogP contribution < -0.4 is 4.74 Å². The molecular weight excluding hydrogens is 180 g/mol. The minimum atomic E-state index is -0.897. The van der Waals surface area contributed by atoms with Gasteiger partial charge < -0.3 is 9.84 Å². The van der Waals surface area contributed by atoms with Crippen LogP contribution in [-0.4, -0.2) is 18.2 Å². The van der Waals surface area contributed by atoms with Gasteiger partial charge in [-0.2, -0.15) is 0 Å². The second kappa shape index (κ2) is 3.33. The minimum absolute atomic E-state index is 0.311. The second-order valence-electron chi connectivity index (χ2n) is 3.57. The van der Waals surface area contributed by atoms with E-state index >= 15 is 0 Å². The Morgan fingerprint density at radius 1 is 1.43 bits per heavy atom. The average molecular weight is 192 g/mol. The van der Waals surface area contributed by atoms with E-state index < -0.39 is 5.97 Å². The molecule has 0 spiro atoms. The Morgan fingerprint density at radius 2 is 2.14 bits per heavy atom. The first-order valence-electron chi connectivity index (χ1n) is 4.63. The lowest BCUT2D eigenvalue weighted by molar-refractivity contribution is 0.0696. The normalized spacial score (nSPS) is 15.2. The molecule has 1 N–H and O–H groups in total. The van der Waals surface area contributed by atoms with Crippen LogP contribution in [0.25, 0.3) is 0 Å². The maximum absolute atomic E-state index is 10.8. The van der Waals surface area contributed by atoms with Gasteiger partial charge in [-0.1, -0.05) is 0 Å². The molecule has 0 aliphatic heterocycles. The van der Waals surface area contributed by atoms with Crippen LogP contribution in [0.3, 0.4) is 0 Å². The van der Waals surface area contributed by atoms with E-state index in [9.17, 15) is 4.79 Å². The van der Waals surface area contributed by atoms with Gasteiger partial charge in [-0.25, -0.2) is 4.79 Å². The molecular formula is C11H12O3. The lowest BCUT2D eigenvalue weighted by atomic mass is 10.1. The van der Waals surface area contributed by atoms with E-state index in [2.05, 4.69) is 0 Å². The first-order chi connectivity index (χ1) is 6.70. The van der Waals surface area contributed by atoms with Crippen LogP contribution >= 0.6 is 0 Å². The summed E-state index contributed by atoms with van der Waals surface area (Å²) in [5.41, 5.74) is 1.40. The van der Waals surface area contributed by atoms with Gasteiger partial charge in [0, 0.05) is 0 Å². The van der Waals surface area contributed by atoms with Crippen molar-refractivity contribution in [1.29, 1.82) is 0 Å². The van der Waals surface area contributed by atoms with Gasteiger partial charge in [0.2, 0.25) is 0 Å². The number of benzene rings is 1. The van der Waals surface area contributed by atoms with E-state index in [0.29, 0.717) is 17.2 Å². The lowest BCUT2D eigenvalue weighted by Gasteiger charge is -2.05. The van der Waals surface area contributed by atoms with Crippen molar-refractivity contribution in [3.05, 3.63) is 29.3 Å². The number of carbonyl (C=O) groups is 1. The highest BCUT2D eigenvalue weighted by molar-refractivity contribution is 5.88. The minimum Gasteiger partial charge on any atom is -0.497 e. The summed E-state index contributed by atoms with van der Waals surface area (Å²) in [7, 11) is 1.55. The van der Waals surface area contributed by atoms with Crippen LogP contribution in [0.2, 0.25) is 0 Å². The largest absolute Gasteiger partial charge is 0.497 e. The first kappa shape index (κ1) is 9.06. The van der Waals surface area contributed by atoms with E-state index in [1.807, 2.05) is 6.07 Å². The summed E-state index contributed by atoms with van der Waals surface area (Å²) in [6.07, 6.45) is 2.32. The van der Waals surface area contributed by atoms with E-state index in [4.69, 9.17) is 9.84 Å². The Labute approximate surface area is 82.3 Å². The van der Waals surface area contributed by atoms with Crippen LogP contribution in [0.1, 0.15) is 34.7 Å². The number of carboxylic acids is 1. The zero-order valence-corrected chi connectivity index (χ0v) is 7.99. The fraction of sp³-hybridized carbons (Fsp3) is 0.364. The molecule has 0 amide bonds. The van der Waals surface area contributed by atoms with Crippen LogP contribution in [0.5, 0.6) is 5.75 Å². The molecule has 2 rings (SSSR count). The molecule has 1 aromatic rings. The van der Waals surface area contributed by atoms with E-state index in [0.717, 1.165) is 18.4 Å². The molecule has 0 radical (unpaired) electrons. The third-order valence-corrected chi connectivity index (χ3v) is 2.46. The summed E-state index contributed by atoms with van der Waals surface area (Å²) in [6, 6.07) is 5.21. The molecule has 1 saturated carbocycles. The number of methoxy groups -OCH3 is 1. The monoisotopic (exact) mass is 192 g/mol. The van der Waals surface area contributed by atoms with Crippen molar-refractivity contribution in [2.24, 2.45) is 0 Å². The number of carboxylic acid groups (broad SMARTS) is 1. The van der Waals surface area contributed by atoms with Crippen molar-refractivity contribution >= 4 is 5.97 Å². The molecule has 0 atom stereocenters. The van der Waals surface area contributed by atoms with Crippen molar-refractivity contribution in [3.8, 4) is 5.75 Å². The second-order valence-corrected chi connectivity index (χ2v) is 3.57. The van der Waals surface area contributed by atoms with Crippen LogP contribution in [0.15, 0.2) is 18.2 Å². The third-order valence-electron chi connectivity index (χ3n) is 2.46. The molecule has 3 nitrogen and oxygen atoms in total. The molecule has 3 heteroatoms. The predicted octanol–water partition coefficient (Wildman–Crippen LogP) is 2.27. The molecule has 1 aliphatic carbocycles. The maximum Gasteiger partial charge on any atom is 0.335 e. The molecule has 0 unspecified atom stereocenters. The van der Waals surface area contributed by atoms with Crippen molar-refractivity contribution in [2.75, 3.05) is 7.11 Å². The van der Waals surface area contributed by atoms with Gasteiger partial charge >= 0.3 is 5.97 Å². The maximum atomic E-state index is 10.8. The molecule has 1 aliphatic rings. The molecule has 1 aromatic carbocycles. The van der Waals surface area contributed by atoms with Gasteiger partial charge in [0.25, 0.3) is 0 Å². The highest BCUT2D eigenvalue weighted by atomic mass is 16.5. The van der Waals surface area contributed by atoms with E-state index in [-0.39, 0.29) is 0 Å². The number of hydrogen-bond donors (Lipinski definition) is 1. The third kappa shape index (κ3) is 1.71. The number of aromatic carboxylic acids is 1. The van der Waals surface area contributed by atoms with Gasteiger partial charge in [0.1, 0.15) is 5.75 Å². The highest BCUT2D eigenvalue weighted by Crippen LogP contribution is 2.41. The summed E-state index contributed by atoms with van der Waals surface area (Å²) < 4.78 is 5.06. The molecule has 74 valence electrons. The van der Waals surface area contributed by atoms with Gasteiger partial charge in [-0.05, 0) is 42.5 Å². The van der Waals surface area contributed by atoms with Gasteiger partial charge in [0.15, 0.2) is 0 Å². The summed E-state index contributed by atoms with van der Waals surface area (Å²) in [6.45, 7) is 0. The molecule has 0 saturated heterocycles.